The van der Waals surface area contributed by atoms with Gasteiger partial charge in [0.25, 0.3) is 0 Å². The average Bonchev–Trinajstić information content (AvgIpc) is 3.15. The quantitative estimate of drug-likeness (QED) is 0.0391. The second-order valence-corrected chi connectivity index (χ2v) is 14.4. The Morgan fingerprint density at radius 1 is 0.642 bits per heavy atom. The average molecular weight is 770 g/mol. The van der Waals surface area contributed by atoms with Gasteiger partial charge in [-0.1, -0.05) is 83.3 Å². The van der Waals surface area contributed by atoms with Crippen LogP contribution in [0.4, 0.5) is 0 Å². The third-order valence-corrected chi connectivity index (χ3v) is 10.2. The van der Waals surface area contributed by atoms with Crippen molar-refractivity contribution in [2.75, 3.05) is 26.4 Å². The second kappa shape index (κ2) is 24.6. The van der Waals surface area contributed by atoms with Crippen LogP contribution in [-0.4, -0.2) is 176 Å². The Morgan fingerprint density at radius 2 is 1.15 bits per heavy atom. The molecule has 3 aliphatic heterocycles. The van der Waals surface area contributed by atoms with Crippen LogP contribution in [0.2, 0.25) is 0 Å². The first kappa shape index (κ1) is 46.4. The molecular weight excluding hydrogens is 702 g/mol. The van der Waals surface area contributed by atoms with Crippen LogP contribution in [0.3, 0.4) is 0 Å². The number of aliphatic hydroxyl groups excluding tert-OH is 10. The largest absolute Gasteiger partial charge is 0.394 e. The highest BCUT2D eigenvalue weighted by molar-refractivity contribution is 4.97. The number of hydrogen-bond donors (Lipinski definition) is 11. The molecule has 3 aliphatic rings. The van der Waals surface area contributed by atoms with Crippen molar-refractivity contribution in [3.05, 3.63) is 12.2 Å². The molecule has 3 heterocycles. The van der Waals surface area contributed by atoms with Crippen molar-refractivity contribution in [1.29, 1.82) is 0 Å². The lowest BCUT2D eigenvalue weighted by Gasteiger charge is -2.47. The van der Waals surface area contributed by atoms with Crippen molar-refractivity contribution in [3.8, 4) is 0 Å². The predicted molar refractivity (Wildman–Crippen MR) is 188 cm³/mol. The maximum absolute atomic E-state index is 10.9. The van der Waals surface area contributed by atoms with Gasteiger partial charge in [0.1, 0.15) is 61.0 Å². The van der Waals surface area contributed by atoms with Crippen LogP contribution in [-0.2, 0) is 28.4 Å². The van der Waals surface area contributed by atoms with Gasteiger partial charge in [-0.15, -0.1) is 0 Å². The molecule has 0 saturated carbocycles. The molecule has 0 amide bonds. The summed E-state index contributed by atoms with van der Waals surface area (Å²) in [5, 5.41) is 104. The van der Waals surface area contributed by atoms with E-state index >= 15 is 0 Å². The Labute approximate surface area is 312 Å². The van der Waals surface area contributed by atoms with E-state index in [4.69, 9.17) is 34.2 Å². The van der Waals surface area contributed by atoms with Gasteiger partial charge in [-0.25, -0.2) is 0 Å². The number of nitrogens with two attached hydrogens (primary N) is 1. The van der Waals surface area contributed by atoms with E-state index in [2.05, 4.69) is 6.92 Å². The molecule has 5 unspecified atom stereocenters. The molecular formula is C36H67NO16. The maximum Gasteiger partial charge on any atom is 0.187 e. The van der Waals surface area contributed by atoms with Crippen LogP contribution in [0, 0.1) is 0 Å². The van der Waals surface area contributed by atoms with E-state index in [0.29, 0.717) is 0 Å². The van der Waals surface area contributed by atoms with Gasteiger partial charge in [-0.2, -0.15) is 0 Å². The number of rotatable bonds is 24. The second-order valence-electron chi connectivity index (χ2n) is 14.4. The summed E-state index contributed by atoms with van der Waals surface area (Å²) < 4.78 is 33.7. The molecule has 0 aromatic rings. The fourth-order valence-electron chi connectivity index (χ4n) is 6.78. The van der Waals surface area contributed by atoms with Crippen molar-refractivity contribution < 1.29 is 79.5 Å². The summed E-state index contributed by atoms with van der Waals surface area (Å²) in [4.78, 5) is 0. The monoisotopic (exact) mass is 769 g/mol. The first-order valence-electron chi connectivity index (χ1n) is 19.4. The highest BCUT2D eigenvalue weighted by Gasteiger charge is 2.52. The highest BCUT2D eigenvalue weighted by Crippen LogP contribution is 2.32. The molecule has 0 aliphatic carbocycles. The Morgan fingerprint density at radius 3 is 1.72 bits per heavy atom. The number of aliphatic hydroxyl groups is 10. The van der Waals surface area contributed by atoms with Gasteiger partial charge in [0.15, 0.2) is 18.9 Å². The third kappa shape index (κ3) is 14.2. The van der Waals surface area contributed by atoms with Gasteiger partial charge in [0, 0.05) is 6.42 Å². The van der Waals surface area contributed by atoms with Crippen molar-refractivity contribution in [1.82, 2.24) is 0 Å². The molecule has 0 radical (unpaired) electrons. The van der Waals surface area contributed by atoms with E-state index in [1.165, 1.54) is 57.8 Å². The smallest absolute Gasteiger partial charge is 0.187 e. The number of ether oxygens (including phenoxy) is 6. The lowest BCUT2D eigenvalue weighted by atomic mass is 9.96. The van der Waals surface area contributed by atoms with Gasteiger partial charge in [-0.3, -0.25) is 0 Å². The molecule has 0 aromatic carbocycles. The minimum absolute atomic E-state index is 0.250. The lowest BCUT2D eigenvalue weighted by molar-refractivity contribution is -0.372. The lowest BCUT2D eigenvalue weighted by Crippen LogP contribution is -2.65. The Hall–Kier alpha value is -0.940. The van der Waals surface area contributed by atoms with E-state index < -0.39 is 118 Å². The Balaban J connectivity index is 1.42. The minimum atomic E-state index is -1.85. The Bertz CT molecular complexity index is 995. The molecule has 0 bridgehead atoms. The van der Waals surface area contributed by atoms with Gasteiger partial charge in [-0.05, 0) is 12.8 Å². The molecule has 312 valence electrons. The number of unbranched alkanes of at least 4 members (excludes halogenated alkanes) is 11. The van der Waals surface area contributed by atoms with Crippen molar-refractivity contribution in [2.45, 2.75) is 189 Å². The van der Waals surface area contributed by atoms with E-state index in [9.17, 15) is 51.1 Å². The van der Waals surface area contributed by atoms with Crippen LogP contribution < -0.4 is 5.73 Å². The molecule has 0 aromatic heterocycles. The normalized spacial score (nSPS) is 38.0. The molecule has 17 heteroatoms. The topological polar surface area (TPSA) is 284 Å². The molecule has 3 saturated heterocycles. The van der Waals surface area contributed by atoms with Crippen molar-refractivity contribution >= 4 is 0 Å². The standard InChI is InChI=1S/C36H67NO16/c1-2-3-4-5-6-7-8-9-10-11-12-13-14-15-22(41)21(37)20-48-35-31(46)29(44)34(26(19-40)50-35)53-36-32(47)30(45)33(25(18-39)51-36)52-27-16-23(42)28(43)24(17-38)49-27/h14-15,21-36,38-47H,2-13,16-20,37H2,1H3/b15-14+/t21-,22+,23+,24?,25?,26?,27+,28+,29+,30+,31?,32?,33-,34+,35+,36-/m0/s1. The Kier molecular flexibility index (Phi) is 21.6. The number of allylic oxidation sites excluding steroid dienone is 1. The van der Waals surface area contributed by atoms with Crippen molar-refractivity contribution in [3.63, 3.8) is 0 Å². The highest BCUT2D eigenvalue weighted by atomic mass is 16.8. The van der Waals surface area contributed by atoms with Crippen LogP contribution in [0.1, 0.15) is 90.4 Å². The van der Waals surface area contributed by atoms with Gasteiger partial charge in [0.2, 0.25) is 0 Å². The summed E-state index contributed by atoms with van der Waals surface area (Å²) in [6.07, 6.45) is -4.38. The summed E-state index contributed by atoms with van der Waals surface area (Å²) in [5.74, 6) is 0. The molecule has 16 atom stereocenters. The SMILES string of the molecule is CCCCCCCCCCCCC/C=C/[C@@H](O)[C@@H](N)CO[C@@H]1OC(CO)[C@@H](O[C@@H]2OC(CO)[C@H](O[C@@H]3C[C@@H](O)[C@@H](O)C(CO)O3)[C@H](O)C2O)[C@H](O)C1O. The maximum atomic E-state index is 10.9. The summed E-state index contributed by atoms with van der Waals surface area (Å²) in [6.45, 7) is -0.155. The number of hydrogen-bond acceptors (Lipinski definition) is 17. The summed E-state index contributed by atoms with van der Waals surface area (Å²) in [7, 11) is 0. The van der Waals surface area contributed by atoms with Crippen LogP contribution in [0.15, 0.2) is 12.2 Å². The summed E-state index contributed by atoms with van der Waals surface area (Å²) in [5.41, 5.74) is 6.09. The molecule has 3 fully saturated rings. The fraction of sp³-hybridized carbons (Fsp3) is 0.944. The molecule has 3 rings (SSSR count). The minimum Gasteiger partial charge on any atom is -0.394 e. The zero-order valence-corrected chi connectivity index (χ0v) is 30.9. The van der Waals surface area contributed by atoms with Gasteiger partial charge < -0.3 is 85.2 Å². The van der Waals surface area contributed by atoms with E-state index in [1.807, 2.05) is 6.08 Å². The zero-order chi connectivity index (χ0) is 38.9. The van der Waals surface area contributed by atoms with Crippen LogP contribution in [0.5, 0.6) is 0 Å². The molecule has 17 nitrogen and oxygen atoms in total. The van der Waals surface area contributed by atoms with Crippen LogP contribution in [0.25, 0.3) is 0 Å². The third-order valence-electron chi connectivity index (χ3n) is 10.2. The van der Waals surface area contributed by atoms with Crippen LogP contribution >= 0.6 is 0 Å². The predicted octanol–water partition coefficient (Wildman–Crippen LogP) is -1.57. The van der Waals surface area contributed by atoms with Gasteiger partial charge >= 0.3 is 0 Å². The van der Waals surface area contributed by atoms with E-state index in [0.717, 1.165) is 19.3 Å². The molecule has 53 heavy (non-hydrogen) atoms. The zero-order valence-electron chi connectivity index (χ0n) is 30.9. The van der Waals surface area contributed by atoms with E-state index in [1.54, 1.807) is 6.08 Å². The van der Waals surface area contributed by atoms with Crippen molar-refractivity contribution in [2.24, 2.45) is 5.73 Å². The fourth-order valence-corrected chi connectivity index (χ4v) is 6.78. The summed E-state index contributed by atoms with van der Waals surface area (Å²) >= 11 is 0. The first-order chi connectivity index (χ1) is 25.5. The molecule has 0 spiro atoms. The van der Waals surface area contributed by atoms with Gasteiger partial charge in [0.05, 0.1) is 44.7 Å². The first-order valence-corrected chi connectivity index (χ1v) is 19.4. The molecule has 12 N–H and O–H groups in total. The summed E-state index contributed by atoms with van der Waals surface area (Å²) in [6, 6.07) is -0.891. The van der Waals surface area contributed by atoms with E-state index in [-0.39, 0.29) is 13.0 Å².